The van der Waals surface area contributed by atoms with E-state index in [2.05, 4.69) is 15.4 Å². The molecule has 0 spiro atoms. The second-order valence-electron chi connectivity index (χ2n) is 13.6. The molecule has 3 heterocycles. The lowest BCUT2D eigenvalue weighted by Crippen LogP contribution is -2.52. The summed E-state index contributed by atoms with van der Waals surface area (Å²) in [6, 6.07) is 7.40. The number of aromatic nitrogens is 4. The summed E-state index contributed by atoms with van der Waals surface area (Å²) in [6.45, 7) is 6.61. The summed E-state index contributed by atoms with van der Waals surface area (Å²) in [5.74, 6) is -3.77. The van der Waals surface area contributed by atoms with Gasteiger partial charge in [0.15, 0.2) is 17.5 Å². The summed E-state index contributed by atoms with van der Waals surface area (Å²) in [5, 5.41) is 7.18. The van der Waals surface area contributed by atoms with Gasteiger partial charge in [0.1, 0.15) is 0 Å². The van der Waals surface area contributed by atoms with E-state index in [-0.39, 0.29) is 57.5 Å². The van der Waals surface area contributed by atoms with Crippen molar-refractivity contribution in [1.29, 1.82) is 0 Å². The molecule has 0 saturated carbocycles. The highest BCUT2D eigenvalue weighted by Gasteiger charge is 2.30. The SMILES string of the molecule is CCC(CCN(C)CC(N)=O)C(=O)N1CCN(C(=O)c2ccc(NC(=O)c3ncc(-c4ccc(-c5cn(CCOC)nc5C)c(F)c4F)n3C)cc2Cl)CC1. The van der Waals surface area contributed by atoms with Gasteiger partial charge in [0.25, 0.3) is 11.8 Å². The smallest absolute Gasteiger partial charge is 0.291 e. The number of hydrogen-bond acceptors (Lipinski definition) is 8. The van der Waals surface area contributed by atoms with Gasteiger partial charge < -0.3 is 30.2 Å². The maximum atomic E-state index is 15.5. The molecule has 294 valence electrons. The third-order valence-corrected chi connectivity index (χ3v) is 10.1. The highest BCUT2D eigenvalue weighted by molar-refractivity contribution is 6.34. The van der Waals surface area contributed by atoms with Crippen LogP contribution in [0.2, 0.25) is 5.02 Å². The molecular weight excluding hydrogens is 736 g/mol. The lowest BCUT2D eigenvalue weighted by Gasteiger charge is -2.36. The third-order valence-electron chi connectivity index (χ3n) is 9.77. The molecule has 55 heavy (non-hydrogen) atoms. The maximum Gasteiger partial charge on any atom is 0.291 e. The number of rotatable bonds is 15. The minimum atomic E-state index is -1.09. The number of hydrogen-bond donors (Lipinski definition) is 2. The van der Waals surface area contributed by atoms with E-state index in [9.17, 15) is 19.2 Å². The molecule has 0 radical (unpaired) electrons. The highest BCUT2D eigenvalue weighted by atomic mass is 35.5. The fourth-order valence-corrected chi connectivity index (χ4v) is 6.90. The Bertz CT molecular complexity index is 2060. The van der Waals surface area contributed by atoms with Crippen molar-refractivity contribution in [3.63, 3.8) is 0 Å². The van der Waals surface area contributed by atoms with Crippen LogP contribution < -0.4 is 11.1 Å². The van der Waals surface area contributed by atoms with E-state index in [4.69, 9.17) is 22.1 Å². The van der Waals surface area contributed by atoms with Gasteiger partial charge in [0, 0.05) is 74.8 Å². The molecular formula is C38H46ClF2N9O5. The van der Waals surface area contributed by atoms with Crippen molar-refractivity contribution in [2.75, 3.05) is 65.3 Å². The second kappa shape index (κ2) is 18.0. The molecule has 1 fully saturated rings. The fraction of sp³-hybridized carbons (Fsp3) is 0.421. The largest absolute Gasteiger partial charge is 0.383 e. The second-order valence-corrected chi connectivity index (χ2v) is 14.0. The number of nitrogens with zero attached hydrogens (tertiary/aromatic N) is 7. The Balaban J connectivity index is 1.20. The molecule has 1 aliphatic heterocycles. The average Bonchev–Trinajstić information content (AvgIpc) is 3.72. The van der Waals surface area contributed by atoms with Crippen LogP contribution in [-0.2, 0) is 27.9 Å². The molecule has 4 amide bonds. The quantitative estimate of drug-likeness (QED) is 0.182. The van der Waals surface area contributed by atoms with Gasteiger partial charge in [-0.15, -0.1) is 0 Å². The number of methoxy groups -OCH3 is 1. The normalized spacial score (nSPS) is 13.7. The van der Waals surface area contributed by atoms with Crippen LogP contribution in [0.1, 0.15) is 46.4 Å². The predicted octanol–water partition coefficient (Wildman–Crippen LogP) is 4.21. The topological polar surface area (TPSA) is 161 Å². The Morgan fingerprint density at radius 2 is 1.71 bits per heavy atom. The Morgan fingerprint density at radius 1 is 1.04 bits per heavy atom. The van der Waals surface area contributed by atoms with Gasteiger partial charge in [-0.25, -0.2) is 13.8 Å². The summed E-state index contributed by atoms with van der Waals surface area (Å²) >= 11 is 6.54. The van der Waals surface area contributed by atoms with E-state index in [1.54, 1.807) is 46.7 Å². The number of piperazine rings is 1. The molecule has 1 atom stereocenters. The Morgan fingerprint density at radius 3 is 2.36 bits per heavy atom. The van der Waals surface area contributed by atoms with Crippen molar-refractivity contribution in [3.05, 3.63) is 76.5 Å². The third kappa shape index (κ3) is 9.37. The van der Waals surface area contributed by atoms with Crippen molar-refractivity contribution in [2.45, 2.75) is 33.2 Å². The molecule has 2 aromatic heterocycles. The minimum absolute atomic E-state index is 0.0174. The highest BCUT2D eigenvalue weighted by Crippen LogP contribution is 2.33. The van der Waals surface area contributed by atoms with Crippen molar-refractivity contribution in [1.82, 2.24) is 34.0 Å². The first kappa shape index (κ1) is 41.0. The van der Waals surface area contributed by atoms with Crippen molar-refractivity contribution >= 4 is 40.9 Å². The van der Waals surface area contributed by atoms with E-state index in [0.717, 1.165) is 0 Å². The number of nitrogens with two attached hydrogens (primary N) is 1. The molecule has 17 heteroatoms. The van der Waals surface area contributed by atoms with Gasteiger partial charge in [-0.1, -0.05) is 24.6 Å². The number of halogens is 3. The summed E-state index contributed by atoms with van der Waals surface area (Å²) < 4.78 is 39.0. The number of aryl methyl sites for hydroxylation is 1. The van der Waals surface area contributed by atoms with Crippen molar-refractivity contribution < 1.29 is 32.7 Å². The fourth-order valence-electron chi connectivity index (χ4n) is 6.64. The van der Waals surface area contributed by atoms with Crippen LogP contribution in [0.25, 0.3) is 22.4 Å². The zero-order valence-corrected chi connectivity index (χ0v) is 32.3. The summed E-state index contributed by atoms with van der Waals surface area (Å²) in [4.78, 5) is 60.5. The standard InChI is InChI=1S/C38H46ClF2N9O5/c1-6-24(11-12-46(3)22-32(42)51)37(53)48-13-15-49(16-14-48)38(54)27-8-7-25(19-30(27)39)44-36(52)35-43-20-31(47(35)4)28-10-9-26(33(40)34(28)41)29-21-50(17-18-55-5)45-23(29)2/h7-10,19-21,24H,6,11-18,22H2,1-5H3,(H2,42,51)(H,44,52). The molecule has 14 nitrogen and oxygen atoms in total. The summed E-state index contributed by atoms with van der Waals surface area (Å²) in [6.07, 6.45) is 4.17. The zero-order chi connectivity index (χ0) is 40.0. The van der Waals surface area contributed by atoms with Crippen LogP contribution in [0.5, 0.6) is 0 Å². The molecule has 1 aliphatic rings. The first-order chi connectivity index (χ1) is 26.2. The van der Waals surface area contributed by atoms with Gasteiger partial charge >= 0.3 is 0 Å². The predicted molar refractivity (Wildman–Crippen MR) is 203 cm³/mol. The van der Waals surface area contributed by atoms with E-state index < -0.39 is 23.4 Å². The lowest BCUT2D eigenvalue weighted by molar-refractivity contribution is -0.137. The van der Waals surface area contributed by atoms with Crippen LogP contribution in [0.4, 0.5) is 14.5 Å². The average molecular weight is 782 g/mol. The molecule has 5 rings (SSSR count). The lowest BCUT2D eigenvalue weighted by atomic mass is 9.99. The number of benzene rings is 2. The maximum absolute atomic E-state index is 15.5. The number of anilines is 1. The number of imidazole rings is 1. The molecule has 0 aliphatic carbocycles. The van der Waals surface area contributed by atoms with Gasteiger partial charge in [-0.2, -0.15) is 5.10 Å². The van der Waals surface area contributed by atoms with E-state index in [0.29, 0.717) is 75.7 Å². The van der Waals surface area contributed by atoms with Crippen LogP contribution in [0.3, 0.4) is 0 Å². The molecule has 3 N–H and O–H groups in total. The number of carbonyl (C=O) groups excluding carboxylic acids is 4. The Kier molecular flexibility index (Phi) is 13.4. The van der Waals surface area contributed by atoms with E-state index >= 15 is 8.78 Å². The first-order valence-electron chi connectivity index (χ1n) is 17.9. The molecule has 1 unspecified atom stereocenters. The van der Waals surface area contributed by atoms with Crippen LogP contribution >= 0.6 is 11.6 Å². The van der Waals surface area contributed by atoms with Crippen LogP contribution in [-0.4, -0.2) is 118 Å². The van der Waals surface area contributed by atoms with Crippen molar-refractivity contribution in [3.8, 4) is 22.4 Å². The summed E-state index contributed by atoms with van der Waals surface area (Å²) in [5.41, 5.74) is 6.94. The van der Waals surface area contributed by atoms with E-state index in [1.165, 1.54) is 48.1 Å². The van der Waals surface area contributed by atoms with Crippen LogP contribution in [0.15, 0.2) is 42.7 Å². The Labute approximate surface area is 323 Å². The zero-order valence-electron chi connectivity index (χ0n) is 31.6. The van der Waals surface area contributed by atoms with Crippen molar-refractivity contribution in [2.24, 2.45) is 18.7 Å². The number of ether oxygens (including phenoxy) is 1. The molecule has 4 aromatic rings. The number of amides is 4. The first-order valence-corrected chi connectivity index (χ1v) is 18.3. The molecule has 1 saturated heterocycles. The molecule has 0 bridgehead atoms. The molecule has 2 aromatic carbocycles. The van der Waals surface area contributed by atoms with Gasteiger partial charge in [-0.05, 0) is 57.6 Å². The Hall–Kier alpha value is -5.19. The number of likely N-dealkylation sites (N-methyl/N-ethyl adjacent to an activating group) is 1. The van der Waals surface area contributed by atoms with Gasteiger partial charge in [0.05, 0.1) is 47.9 Å². The van der Waals surface area contributed by atoms with Gasteiger partial charge in [-0.3, -0.25) is 28.8 Å². The van der Waals surface area contributed by atoms with Crippen LogP contribution in [0, 0.1) is 24.5 Å². The van der Waals surface area contributed by atoms with E-state index in [1.807, 2.05) is 6.92 Å². The number of nitrogens with one attached hydrogen (secondary N) is 1. The minimum Gasteiger partial charge on any atom is -0.383 e. The summed E-state index contributed by atoms with van der Waals surface area (Å²) in [7, 11) is 4.87. The monoisotopic (exact) mass is 781 g/mol. The van der Waals surface area contributed by atoms with Gasteiger partial charge in [0.2, 0.25) is 11.8 Å². The number of primary amides is 1. The number of carbonyl (C=O) groups is 4.